The highest BCUT2D eigenvalue weighted by Crippen LogP contribution is 2.27. The van der Waals surface area contributed by atoms with Crippen LogP contribution in [0.25, 0.3) is 16.4 Å². The lowest BCUT2D eigenvalue weighted by atomic mass is 10.2. The second-order valence-electron chi connectivity index (χ2n) is 4.90. The van der Waals surface area contributed by atoms with Gasteiger partial charge in [0.2, 0.25) is 0 Å². The van der Waals surface area contributed by atoms with E-state index in [1.807, 2.05) is 0 Å². The van der Waals surface area contributed by atoms with Crippen molar-refractivity contribution in [3.63, 3.8) is 0 Å². The lowest BCUT2D eigenvalue weighted by Gasteiger charge is -2.11. The highest BCUT2D eigenvalue weighted by Gasteiger charge is 2.23. The van der Waals surface area contributed by atoms with Gasteiger partial charge in [-0.15, -0.1) is 0 Å². The molecule has 3 aromatic heterocycles. The van der Waals surface area contributed by atoms with E-state index in [0.717, 1.165) is 10.1 Å². The van der Waals surface area contributed by atoms with E-state index < -0.39 is 35.3 Å². The van der Waals surface area contributed by atoms with Crippen molar-refractivity contribution in [1.82, 2.24) is 19.5 Å². The van der Waals surface area contributed by atoms with Crippen molar-refractivity contribution in [2.45, 2.75) is 0 Å². The lowest BCUT2D eigenvalue weighted by molar-refractivity contribution is -0.135. The summed E-state index contributed by atoms with van der Waals surface area (Å²) in [5, 5.41) is 21.7. The summed E-state index contributed by atoms with van der Waals surface area (Å²) in [5.41, 5.74) is -0.415. The van der Waals surface area contributed by atoms with Gasteiger partial charge in [0.05, 0.1) is 11.7 Å². The number of aromatic hydroxyl groups is 1. The number of hydrogen-bond acceptors (Lipinski definition) is 5. The van der Waals surface area contributed by atoms with Crippen molar-refractivity contribution >= 4 is 28.3 Å². The van der Waals surface area contributed by atoms with Crippen LogP contribution in [-0.2, 0) is 11.8 Å². The topological polar surface area (TPSA) is 126 Å². The van der Waals surface area contributed by atoms with Gasteiger partial charge in [-0.25, -0.2) is 9.20 Å². The monoisotopic (exact) mass is 316 g/mol. The molecule has 0 spiro atoms. The first-order valence-corrected chi connectivity index (χ1v) is 6.59. The Morgan fingerprint density at radius 3 is 2.78 bits per heavy atom. The minimum atomic E-state index is -1.25. The van der Waals surface area contributed by atoms with Gasteiger partial charge in [-0.1, -0.05) is 0 Å². The molecule has 0 aromatic carbocycles. The molecule has 0 aliphatic heterocycles. The molecule has 23 heavy (non-hydrogen) atoms. The zero-order chi connectivity index (χ0) is 16.7. The summed E-state index contributed by atoms with van der Waals surface area (Å²) in [4.78, 5) is 38.9. The summed E-state index contributed by atoms with van der Waals surface area (Å²) >= 11 is 0. The number of pyridine rings is 1. The largest absolute Gasteiger partial charge is 0.505 e. The van der Waals surface area contributed by atoms with Crippen molar-refractivity contribution in [3.05, 3.63) is 40.4 Å². The van der Waals surface area contributed by atoms with Crippen LogP contribution in [0.1, 0.15) is 10.4 Å². The molecule has 9 heteroatoms. The summed E-state index contributed by atoms with van der Waals surface area (Å²) in [7, 11) is 1.44. The quantitative estimate of drug-likeness (QED) is 0.609. The van der Waals surface area contributed by atoms with E-state index in [9.17, 15) is 19.5 Å². The number of carboxylic acid groups (broad SMARTS) is 1. The zero-order valence-corrected chi connectivity index (χ0v) is 12.0. The Bertz CT molecular complexity index is 1020. The van der Waals surface area contributed by atoms with Crippen molar-refractivity contribution in [1.29, 1.82) is 0 Å². The molecule has 9 nitrogen and oxygen atoms in total. The zero-order valence-electron chi connectivity index (χ0n) is 12.0. The average Bonchev–Trinajstić information content (AvgIpc) is 2.91. The van der Waals surface area contributed by atoms with Gasteiger partial charge < -0.3 is 15.5 Å². The fourth-order valence-corrected chi connectivity index (χ4v) is 2.46. The van der Waals surface area contributed by atoms with Gasteiger partial charge in [0.25, 0.3) is 11.5 Å². The molecule has 3 aromatic rings. The number of aryl methyl sites for hydroxylation is 1. The molecule has 0 bridgehead atoms. The smallest absolute Gasteiger partial charge is 0.322 e. The number of carbonyl (C=O) groups is 2. The SMILES string of the molecule is Cn1c(=O)c(C(=O)NCC(=O)O)c(O)c2cc3ccncc3n21. The molecule has 0 fully saturated rings. The van der Waals surface area contributed by atoms with Gasteiger partial charge in [-0.3, -0.25) is 19.4 Å². The highest BCUT2D eigenvalue weighted by atomic mass is 16.4. The molecular weight excluding hydrogens is 304 g/mol. The first-order valence-electron chi connectivity index (χ1n) is 6.59. The number of hydrogen-bond donors (Lipinski definition) is 3. The Labute approximate surface area is 128 Å². The fourth-order valence-electron chi connectivity index (χ4n) is 2.46. The van der Waals surface area contributed by atoms with Crippen LogP contribution >= 0.6 is 0 Å². The molecule has 0 saturated carbocycles. The van der Waals surface area contributed by atoms with E-state index in [4.69, 9.17) is 5.11 Å². The van der Waals surface area contributed by atoms with E-state index in [0.29, 0.717) is 5.52 Å². The van der Waals surface area contributed by atoms with Gasteiger partial charge >= 0.3 is 5.97 Å². The molecule has 3 N–H and O–H groups in total. The van der Waals surface area contributed by atoms with Crippen LogP contribution in [0.4, 0.5) is 0 Å². The number of aliphatic carboxylic acids is 1. The minimum absolute atomic E-state index is 0.246. The van der Waals surface area contributed by atoms with E-state index in [-0.39, 0.29) is 5.52 Å². The van der Waals surface area contributed by atoms with Crippen molar-refractivity contribution in [2.75, 3.05) is 6.54 Å². The summed E-state index contributed by atoms with van der Waals surface area (Å²) in [6.45, 7) is -0.653. The predicted molar refractivity (Wildman–Crippen MR) is 79.6 cm³/mol. The third-order valence-corrected chi connectivity index (χ3v) is 3.50. The number of rotatable bonds is 3. The molecule has 0 aliphatic carbocycles. The number of nitrogens with one attached hydrogen (secondary N) is 1. The van der Waals surface area contributed by atoms with Crippen LogP contribution in [0.15, 0.2) is 29.3 Å². The maximum atomic E-state index is 12.4. The molecule has 3 heterocycles. The Kier molecular flexibility index (Phi) is 3.25. The summed E-state index contributed by atoms with van der Waals surface area (Å²) in [6.07, 6.45) is 3.10. The lowest BCUT2D eigenvalue weighted by Crippen LogP contribution is -2.36. The Hall–Kier alpha value is -3.36. The number of nitrogens with zero attached hydrogens (tertiary/aromatic N) is 3. The number of amides is 1. The summed E-state index contributed by atoms with van der Waals surface area (Å²) < 4.78 is 2.60. The van der Waals surface area contributed by atoms with Crippen molar-refractivity contribution in [3.8, 4) is 5.75 Å². The molecule has 0 saturated heterocycles. The predicted octanol–water partition coefficient (Wildman–Crippen LogP) is -0.294. The second kappa shape index (κ2) is 5.13. The van der Waals surface area contributed by atoms with E-state index in [1.54, 1.807) is 18.3 Å². The van der Waals surface area contributed by atoms with Gasteiger partial charge in [-0.2, -0.15) is 0 Å². The van der Waals surface area contributed by atoms with Crippen LogP contribution in [0.5, 0.6) is 5.75 Å². The van der Waals surface area contributed by atoms with Crippen molar-refractivity contribution < 1.29 is 19.8 Å². The molecule has 0 atom stereocenters. The second-order valence-corrected chi connectivity index (χ2v) is 4.90. The maximum Gasteiger partial charge on any atom is 0.322 e. The summed E-state index contributed by atoms with van der Waals surface area (Å²) in [6, 6.07) is 3.32. The number of carbonyl (C=O) groups excluding carboxylic acids is 1. The maximum absolute atomic E-state index is 12.4. The average molecular weight is 316 g/mol. The number of carboxylic acids is 1. The van der Waals surface area contributed by atoms with Crippen LogP contribution in [0, 0.1) is 0 Å². The fraction of sp³-hybridized carbons (Fsp3) is 0.143. The van der Waals surface area contributed by atoms with Gasteiger partial charge in [0, 0.05) is 18.6 Å². The summed E-state index contributed by atoms with van der Waals surface area (Å²) in [5.74, 6) is -2.71. The molecule has 1 amide bonds. The first kappa shape index (κ1) is 14.6. The third-order valence-electron chi connectivity index (χ3n) is 3.50. The number of fused-ring (bicyclic) bond motifs is 3. The highest BCUT2D eigenvalue weighted by molar-refractivity contribution is 6.01. The van der Waals surface area contributed by atoms with Gasteiger partial charge in [0.15, 0.2) is 5.75 Å². The minimum Gasteiger partial charge on any atom is -0.505 e. The molecule has 0 radical (unpaired) electrons. The van der Waals surface area contributed by atoms with Crippen LogP contribution < -0.4 is 10.9 Å². The Morgan fingerprint density at radius 1 is 1.35 bits per heavy atom. The van der Waals surface area contributed by atoms with Gasteiger partial charge in [0.1, 0.15) is 17.6 Å². The standard InChI is InChI=1S/C14H12N4O5/c1-17-14(23)11(13(22)16-6-10(19)20)12(21)8-4-7-2-3-15-5-9(7)18(8)17/h2-5,21H,6H2,1H3,(H,16,22)(H,19,20). The van der Waals surface area contributed by atoms with Crippen LogP contribution in [-0.4, -0.2) is 42.8 Å². The Balaban J connectivity index is 2.29. The van der Waals surface area contributed by atoms with E-state index in [1.165, 1.54) is 17.8 Å². The molecule has 0 aliphatic rings. The number of aromatic nitrogens is 3. The molecule has 3 rings (SSSR count). The van der Waals surface area contributed by atoms with Crippen molar-refractivity contribution in [2.24, 2.45) is 7.05 Å². The van der Waals surface area contributed by atoms with Crippen LogP contribution in [0.2, 0.25) is 0 Å². The van der Waals surface area contributed by atoms with Gasteiger partial charge in [-0.05, 0) is 12.1 Å². The van der Waals surface area contributed by atoms with Crippen LogP contribution in [0.3, 0.4) is 0 Å². The molecule has 118 valence electrons. The first-order chi connectivity index (χ1) is 10.9. The normalized spacial score (nSPS) is 11.0. The molecular formula is C14H12N4O5. The van der Waals surface area contributed by atoms with E-state index in [2.05, 4.69) is 10.3 Å². The third kappa shape index (κ3) is 2.18. The Morgan fingerprint density at radius 2 is 2.09 bits per heavy atom. The molecule has 0 unspecified atom stereocenters. The van der Waals surface area contributed by atoms with E-state index >= 15 is 0 Å².